The molecule has 0 radical (unpaired) electrons. The molecule has 0 N–H and O–H groups in total. The van der Waals surface area contributed by atoms with Gasteiger partial charge in [-0.1, -0.05) is 0 Å². The molecule has 148 valence electrons. The molecule has 8 heteroatoms. The topological polar surface area (TPSA) is 85.5 Å². The molecule has 4 fully saturated rings. The van der Waals surface area contributed by atoms with Crippen LogP contribution in [0.1, 0.15) is 44.1 Å². The van der Waals surface area contributed by atoms with Gasteiger partial charge in [0.1, 0.15) is 12.6 Å². The number of carbonyl (C=O) groups excluding carboxylic acids is 2. The monoisotopic (exact) mass is 382 g/mol. The predicted molar refractivity (Wildman–Crippen MR) is 100.0 cm³/mol. The Morgan fingerprint density at radius 2 is 1.82 bits per heavy atom. The number of hydrogen-bond acceptors (Lipinski definition) is 5. The van der Waals surface area contributed by atoms with Crippen molar-refractivity contribution in [1.82, 2.24) is 24.5 Å². The summed E-state index contributed by atoms with van der Waals surface area (Å²) in [5.41, 5.74) is 0.600. The number of hydrogen-bond donors (Lipinski definition) is 0. The maximum absolute atomic E-state index is 13.0. The molecule has 28 heavy (non-hydrogen) atoms. The largest absolute Gasteiger partial charge is 0.336 e. The van der Waals surface area contributed by atoms with Gasteiger partial charge in [0.25, 0.3) is 0 Å². The number of nitriles is 1. The zero-order chi connectivity index (χ0) is 19.3. The fraction of sp³-hybridized carbons (Fsp3) is 0.700. The van der Waals surface area contributed by atoms with Gasteiger partial charge in [-0.05, 0) is 45.2 Å². The van der Waals surface area contributed by atoms with Crippen molar-refractivity contribution in [3.05, 3.63) is 18.0 Å². The first-order valence-corrected chi connectivity index (χ1v) is 10.3. The summed E-state index contributed by atoms with van der Waals surface area (Å²) in [4.78, 5) is 32.1. The molecule has 2 amide bonds. The second-order valence-corrected chi connectivity index (χ2v) is 8.77. The smallest absolute Gasteiger partial charge is 0.244 e. The molecule has 4 heterocycles. The summed E-state index contributed by atoms with van der Waals surface area (Å²) in [6, 6.07) is 2.30. The molecule has 5 rings (SSSR count). The first-order chi connectivity index (χ1) is 13.6. The number of nitrogens with zero attached hydrogens (tertiary/aromatic N) is 6. The van der Waals surface area contributed by atoms with E-state index in [2.05, 4.69) is 10.00 Å². The molecule has 1 saturated carbocycles. The third-order valence-corrected chi connectivity index (χ3v) is 7.03. The maximum atomic E-state index is 13.0. The van der Waals surface area contributed by atoms with Crippen molar-refractivity contribution in [2.45, 2.75) is 62.7 Å². The van der Waals surface area contributed by atoms with Crippen LogP contribution in [-0.4, -0.2) is 80.1 Å². The van der Waals surface area contributed by atoms with Gasteiger partial charge in [-0.3, -0.25) is 19.2 Å². The lowest BCUT2D eigenvalue weighted by molar-refractivity contribution is -0.141. The molecule has 3 saturated heterocycles. The van der Waals surface area contributed by atoms with Gasteiger partial charge < -0.3 is 9.80 Å². The van der Waals surface area contributed by atoms with Gasteiger partial charge in [0.15, 0.2) is 0 Å². The highest BCUT2D eigenvalue weighted by Gasteiger charge is 2.53. The highest BCUT2D eigenvalue weighted by molar-refractivity contribution is 5.81. The molecule has 1 aromatic rings. The van der Waals surface area contributed by atoms with Crippen molar-refractivity contribution in [2.24, 2.45) is 0 Å². The lowest BCUT2D eigenvalue weighted by atomic mass is 10.1. The Hall–Kier alpha value is -2.40. The van der Waals surface area contributed by atoms with Crippen LogP contribution in [0.4, 0.5) is 0 Å². The average Bonchev–Trinajstić information content (AvgIpc) is 3.23. The highest BCUT2D eigenvalue weighted by Crippen LogP contribution is 2.47. The van der Waals surface area contributed by atoms with Crippen LogP contribution >= 0.6 is 0 Å². The van der Waals surface area contributed by atoms with Crippen molar-refractivity contribution in [1.29, 1.82) is 5.26 Å². The van der Waals surface area contributed by atoms with Crippen molar-refractivity contribution < 1.29 is 9.59 Å². The Labute approximate surface area is 164 Å². The fourth-order valence-electron chi connectivity index (χ4n) is 5.34. The first-order valence-electron chi connectivity index (χ1n) is 10.3. The van der Waals surface area contributed by atoms with E-state index in [1.807, 2.05) is 15.9 Å². The third-order valence-electron chi connectivity index (χ3n) is 7.03. The summed E-state index contributed by atoms with van der Waals surface area (Å²) < 4.78 is 1.52. The number of carbonyl (C=O) groups is 2. The fourth-order valence-corrected chi connectivity index (χ4v) is 5.34. The van der Waals surface area contributed by atoms with Gasteiger partial charge in [-0.15, -0.1) is 0 Å². The van der Waals surface area contributed by atoms with E-state index in [0.29, 0.717) is 25.1 Å². The minimum Gasteiger partial charge on any atom is -0.336 e. The van der Waals surface area contributed by atoms with E-state index in [9.17, 15) is 9.59 Å². The van der Waals surface area contributed by atoms with Crippen molar-refractivity contribution in [3.63, 3.8) is 0 Å². The van der Waals surface area contributed by atoms with Crippen LogP contribution in [0.5, 0.6) is 0 Å². The molecule has 4 aliphatic rings. The molecular formula is C20H26N6O2. The summed E-state index contributed by atoms with van der Waals surface area (Å²) in [5.74, 6) is 0.289. The first kappa shape index (κ1) is 17.7. The maximum Gasteiger partial charge on any atom is 0.244 e. The lowest BCUT2D eigenvalue weighted by Crippen LogP contribution is -2.52. The summed E-state index contributed by atoms with van der Waals surface area (Å²) in [6.45, 7) is 3.72. The van der Waals surface area contributed by atoms with Crippen LogP contribution in [0.15, 0.2) is 12.4 Å². The van der Waals surface area contributed by atoms with E-state index in [1.54, 1.807) is 6.20 Å². The van der Waals surface area contributed by atoms with Gasteiger partial charge in [-0.2, -0.15) is 10.4 Å². The highest BCUT2D eigenvalue weighted by atomic mass is 16.2. The van der Waals surface area contributed by atoms with E-state index in [1.165, 1.54) is 23.7 Å². The van der Waals surface area contributed by atoms with Crippen LogP contribution in [0.2, 0.25) is 0 Å². The van der Waals surface area contributed by atoms with E-state index in [-0.39, 0.29) is 36.0 Å². The minimum atomic E-state index is 0.0166. The summed E-state index contributed by atoms with van der Waals surface area (Å²) in [5, 5.41) is 12.9. The lowest BCUT2D eigenvalue weighted by Gasteiger charge is -2.36. The Bertz CT molecular complexity index is 832. The zero-order valence-corrected chi connectivity index (χ0v) is 16.1. The molecule has 0 unspecified atom stereocenters. The van der Waals surface area contributed by atoms with Gasteiger partial charge in [-0.25, -0.2) is 0 Å². The molecular weight excluding hydrogens is 356 g/mol. The van der Waals surface area contributed by atoms with Crippen LogP contribution in [0, 0.1) is 11.3 Å². The van der Waals surface area contributed by atoms with E-state index >= 15 is 0 Å². The minimum absolute atomic E-state index is 0.0166. The number of rotatable bonds is 5. The Balaban J connectivity index is 1.17. The molecule has 0 spiro atoms. The van der Waals surface area contributed by atoms with Crippen molar-refractivity contribution in [2.75, 3.05) is 26.2 Å². The van der Waals surface area contributed by atoms with E-state index in [0.717, 1.165) is 32.4 Å². The number of likely N-dealkylation sites (tertiary alicyclic amines) is 3. The molecule has 2 atom stereocenters. The van der Waals surface area contributed by atoms with E-state index < -0.39 is 0 Å². The molecule has 0 aromatic carbocycles. The summed E-state index contributed by atoms with van der Waals surface area (Å²) in [6.07, 6.45) is 9.42. The van der Waals surface area contributed by atoms with Crippen LogP contribution in [-0.2, 0) is 16.1 Å². The second kappa shape index (κ2) is 6.59. The van der Waals surface area contributed by atoms with Gasteiger partial charge in [0, 0.05) is 31.2 Å². The SMILES string of the molecule is N#Cc1cnn(CC(=O)N2C[C@@H]3C[C@H]2CN3C(=O)CC2(N3CCCC3)CC2)c1. The van der Waals surface area contributed by atoms with Gasteiger partial charge >= 0.3 is 0 Å². The average molecular weight is 382 g/mol. The normalized spacial score (nSPS) is 28.0. The number of aromatic nitrogens is 2. The van der Waals surface area contributed by atoms with Crippen LogP contribution in [0.3, 0.4) is 0 Å². The summed E-state index contributed by atoms with van der Waals surface area (Å²) in [7, 11) is 0. The molecule has 1 aromatic heterocycles. The van der Waals surface area contributed by atoms with Gasteiger partial charge in [0.2, 0.25) is 11.8 Å². The number of fused-ring (bicyclic) bond motifs is 2. The van der Waals surface area contributed by atoms with E-state index in [4.69, 9.17) is 5.26 Å². The third kappa shape index (κ3) is 2.98. The summed E-state index contributed by atoms with van der Waals surface area (Å²) >= 11 is 0. The quantitative estimate of drug-likeness (QED) is 0.744. The predicted octanol–water partition coefficient (Wildman–Crippen LogP) is 0.585. The molecule has 8 nitrogen and oxygen atoms in total. The number of amides is 2. The Morgan fingerprint density at radius 1 is 1.14 bits per heavy atom. The molecule has 2 bridgehead atoms. The van der Waals surface area contributed by atoms with Gasteiger partial charge in [0.05, 0.1) is 23.8 Å². The number of piperazine rings is 1. The van der Waals surface area contributed by atoms with Crippen molar-refractivity contribution >= 4 is 11.8 Å². The molecule has 1 aliphatic carbocycles. The van der Waals surface area contributed by atoms with Crippen LogP contribution in [0.25, 0.3) is 0 Å². The van der Waals surface area contributed by atoms with Crippen molar-refractivity contribution in [3.8, 4) is 6.07 Å². The van der Waals surface area contributed by atoms with Crippen LogP contribution < -0.4 is 0 Å². The second-order valence-electron chi connectivity index (χ2n) is 8.77. The molecule has 3 aliphatic heterocycles. The Kier molecular flexibility index (Phi) is 4.16. The Morgan fingerprint density at radius 3 is 2.39 bits per heavy atom. The zero-order valence-electron chi connectivity index (χ0n) is 16.1. The standard InChI is InChI=1S/C20H26N6O2/c21-9-15-10-22-24(11-15)14-19(28)26-13-16-7-17(26)12-25(16)18(27)8-20(3-4-20)23-5-1-2-6-23/h10-11,16-17H,1-8,12-14H2/t16-,17-/m0/s1.